The monoisotopic (exact) mass is 254 g/mol. The molecule has 104 valence electrons. The maximum atomic E-state index is 11.9. The van der Waals surface area contributed by atoms with Gasteiger partial charge in [0.25, 0.3) is 0 Å². The second kappa shape index (κ2) is 6.53. The first-order chi connectivity index (χ1) is 8.63. The maximum absolute atomic E-state index is 11.9. The standard InChI is InChI=1S/C14H26N2O2/c1-11-2-4-12(5-3-11)15-14(18)10-16-8-6-13(17)7-9-16/h11-13,17H,2-10H2,1H3,(H,15,18). The smallest absolute Gasteiger partial charge is 0.234 e. The lowest BCUT2D eigenvalue weighted by Crippen LogP contribution is -2.46. The average molecular weight is 254 g/mol. The van der Waals surface area contributed by atoms with Crippen LogP contribution in [0.1, 0.15) is 45.4 Å². The van der Waals surface area contributed by atoms with E-state index >= 15 is 0 Å². The molecule has 0 spiro atoms. The Labute approximate surface area is 110 Å². The summed E-state index contributed by atoms with van der Waals surface area (Å²) < 4.78 is 0. The lowest BCUT2D eigenvalue weighted by atomic mass is 9.87. The Hall–Kier alpha value is -0.610. The summed E-state index contributed by atoms with van der Waals surface area (Å²) in [5.41, 5.74) is 0. The summed E-state index contributed by atoms with van der Waals surface area (Å²) in [5, 5.41) is 12.6. The number of amides is 1. The van der Waals surface area contributed by atoms with Gasteiger partial charge < -0.3 is 10.4 Å². The maximum Gasteiger partial charge on any atom is 0.234 e. The van der Waals surface area contributed by atoms with Gasteiger partial charge in [-0.05, 0) is 44.4 Å². The zero-order valence-corrected chi connectivity index (χ0v) is 11.4. The van der Waals surface area contributed by atoms with Gasteiger partial charge in [0, 0.05) is 19.1 Å². The highest BCUT2D eigenvalue weighted by molar-refractivity contribution is 5.78. The molecule has 1 aliphatic heterocycles. The fraction of sp³-hybridized carbons (Fsp3) is 0.929. The van der Waals surface area contributed by atoms with Crippen molar-refractivity contribution in [2.45, 2.75) is 57.6 Å². The predicted octanol–water partition coefficient (Wildman–Crippen LogP) is 1.14. The first-order valence-electron chi connectivity index (χ1n) is 7.33. The second-order valence-electron chi connectivity index (χ2n) is 6.03. The topological polar surface area (TPSA) is 52.6 Å². The zero-order chi connectivity index (χ0) is 13.0. The van der Waals surface area contributed by atoms with Gasteiger partial charge in [0.2, 0.25) is 5.91 Å². The highest BCUT2D eigenvalue weighted by atomic mass is 16.3. The number of hydrogen-bond donors (Lipinski definition) is 2. The minimum atomic E-state index is -0.163. The van der Waals surface area contributed by atoms with E-state index in [2.05, 4.69) is 17.1 Å². The van der Waals surface area contributed by atoms with Crippen LogP contribution in [-0.2, 0) is 4.79 Å². The largest absolute Gasteiger partial charge is 0.393 e. The minimum absolute atomic E-state index is 0.158. The Bertz CT molecular complexity index is 241. The third-order valence-corrected chi connectivity index (χ3v) is 4.31. The van der Waals surface area contributed by atoms with Crippen LogP contribution >= 0.6 is 0 Å². The molecule has 2 fully saturated rings. The number of aliphatic hydroxyl groups is 1. The lowest BCUT2D eigenvalue weighted by molar-refractivity contribution is -0.123. The summed E-state index contributed by atoms with van der Waals surface area (Å²) in [6.45, 7) is 4.47. The van der Waals surface area contributed by atoms with Gasteiger partial charge in [-0.1, -0.05) is 6.92 Å². The first kappa shape index (κ1) is 13.8. The molecule has 1 saturated carbocycles. The first-order valence-corrected chi connectivity index (χ1v) is 7.33. The van der Waals surface area contributed by atoms with Crippen LogP contribution in [0, 0.1) is 5.92 Å². The van der Waals surface area contributed by atoms with Crippen LogP contribution in [0.4, 0.5) is 0 Å². The number of likely N-dealkylation sites (tertiary alicyclic amines) is 1. The molecule has 0 bridgehead atoms. The molecule has 0 radical (unpaired) electrons. The molecule has 4 nitrogen and oxygen atoms in total. The molecule has 0 unspecified atom stereocenters. The number of nitrogens with zero attached hydrogens (tertiary/aromatic N) is 1. The summed E-state index contributed by atoms with van der Waals surface area (Å²) >= 11 is 0. The molecule has 18 heavy (non-hydrogen) atoms. The number of carbonyl (C=O) groups is 1. The summed E-state index contributed by atoms with van der Waals surface area (Å²) in [6, 6.07) is 0.393. The average Bonchev–Trinajstić information content (AvgIpc) is 2.35. The van der Waals surface area contributed by atoms with E-state index in [4.69, 9.17) is 0 Å². The van der Waals surface area contributed by atoms with Gasteiger partial charge in [0.05, 0.1) is 12.6 Å². The van der Waals surface area contributed by atoms with Crippen molar-refractivity contribution in [1.82, 2.24) is 10.2 Å². The van der Waals surface area contributed by atoms with Crippen molar-refractivity contribution in [3.63, 3.8) is 0 Å². The van der Waals surface area contributed by atoms with Crippen LogP contribution in [0.2, 0.25) is 0 Å². The SMILES string of the molecule is CC1CCC(NC(=O)CN2CCC(O)CC2)CC1. The molecule has 2 N–H and O–H groups in total. The molecule has 0 atom stereocenters. The number of hydrogen-bond acceptors (Lipinski definition) is 3. The van der Waals surface area contributed by atoms with Crippen molar-refractivity contribution >= 4 is 5.91 Å². The Morgan fingerprint density at radius 2 is 1.78 bits per heavy atom. The number of rotatable bonds is 3. The fourth-order valence-corrected chi connectivity index (χ4v) is 2.96. The predicted molar refractivity (Wildman–Crippen MR) is 71.2 cm³/mol. The minimum Gasteiger partial charge on any atom is -0.393 e. The number of nitrogens with one attached hydrogen (secondary N) is 1. The van der Waals surface area contributed by atoms with Gasteiger partial charge in [-0.25, -0.2) is 0 Å². The summed E-state index contributed by atoms with van der Waals surface area (Å²) in [5.74, 6) is 0.979. The Kier molecular flexibility index (Phi) is 5.01. The van der Waals surface area contributed by atoms with E-state index < -0.39 is 0 Å². The van der Waals surface area contributed by atoms with Gasteiger partial charge in [-0.3, -0.25) is 9.69 Å². The molecule has 0 aromatic heterocycles. The van der Waals surface area contributed by atoms with Crippen LogP contribution in [0.3, 0.4) is 0 Å². The number of piperidine rings is 1. The molecule has 1 heterocycles. The molecular formula is C14H26N2O2. The van der Waals surface area contributed by atoms with E-state index in [0.717, 1.165) is 44.7 Å². The normalized spacial score (nSPS) is 31.2. The van der Waals surface area contributed by atoms with Gasteiger partial charge in [0.15, 0.2) is 0 Å². The van der Waals surface area contributed by atoms with E-state index in [1.54, 1.807) is 0 Å². The molecule has 1 aliphatic carbocycles. The lowest BCUT2D eigenvalue weighted by Gasteiger charge is -2.31. The van der Waals surface area contributed by atoms with Crippen molar-refractivity contribution in [2.75, 3.05) is 19.6 Å². The zero-order valence-electron chi connectivity index (χ0n) is 11.4. The van der Waals surface area contributed by atoms with Crippen molar-refractivity contribution in [3.8, 4) is 0 Å². The molecule has 0 aromatic carbocycles. The van der Waals surface area contributed by atoms with Crippen LogP contribution < -0.4 is 5.32 Å². The van der Waals surface area contributed by atoms with E-state index in [-0.39, 0.29) is 12.0 Å². The van der Waals surface area contributed by atoms with E-state index in [1.807, 2.05) is 0 Å². The Balaban J connectivity index is 1.66. The molecule has 2 rings (SSSR count). The van der Waals surface area contributed by atoms with Crippen molar-refractivity contribution < 1.29 is 9.90 Å². The third kappa shape index (κ3) is 4.25. The fourth-order valence-electron chi connectivity index (χ4n) is 2.96. The molecule has 0 aromatic rings. The van der Waals surface area contributed by atoms with Crippen molar-refractivity contribution in [3.05, 3.63) is 0 Å². The molecule has 2 aliphatic rings. The molecular weight excluding hydrogens is 228 g/mol. The molecule has 1 saturated heterocycles. The van der Waals surface area contributed by atoms with Crippen molar-refractivity contribution in [1.29, 1.82) is 0 Å². The quantitative estimate of drug-likeness (QED) is 0.794. The summed E-state index contributed by atoms with van der Waals surface area (Å²) in [7, 11) is 0. The van der Waals surface area contributed by atoms with Gasteiger partial charge >= 0.3 is 0 Å². The number of carbonyl (C=O) groups excluding carboxylic acids is 1. The van der Waals surface area contributed by atoms with Crippen LogP contribution in [0.5, 0.6) is 0 Å². The molecule has 4 heteroatoms. The van der Waals surface area contributed by atoms with E-state index in [9.17, 15) is 9.90 Å². The second-order valence-corrected chi connectivity index (χ2v) is 6.03. The number of aliphatic hydroxyl groups excluding tert-OH is 1. The molecule has 1 amide bonds. The Morgan fingerprint density at radius 1 is 1.17 bits per heavy atom. The van der Waals surface area contributed by atoms with Gasteiger partial charge in [-0.15, -0.1) is 0 Å². The van der Waals surface area contributed by atoms with Crippen LogP contribution in [0.15, 0.2) is 0 Å². The summed E-state index contributed by atoms with van der Waals surface area (Å²) in [6.07, 6.45) is 6.17. The highest BCUT2D eigenvalue weighted by Gasteiger charge is 2.22. The van der Waals surface area contributed by atoms with Crippen LogP contribution in [0.25, 0.3) is 0 Å². The van der Waals surface area contributed by atoms with E-state index in [0.29, 0.717) is 12.6 Å². The third-order valence-electron chi connectivity index (χ3n) is 4.31. The summed E-state index contributed by atoms with van der Waals surface area (Å²) in [4.78, 5) is 14.1. The van der Waals surface area contributed by atoms with Gasteiger partial charge in [-0.2, -0.15) is 0 Å². The Morgan fingerprint density at radius 3 is 2.39 bits per heavy atom. The van der Waals surface area contributed by atoms with Gasteiger partial charge in [0.1, 0.15) is 0 Å². The highest BCUT2D eigenvalue weighted by Crippen LogP contribution is 2.23. The van der Waals surface area contributed by atoms with Crippen LogP contribution in [-0.4, -0.2) is 47.7 Å². The van der Waals surface area contributed by atoms with Crippen molar-refractivity contribution in [2.24, 2.45) is 5.92 Å². The van der Waals surface area contributed by atoms with E-state index in [1.165, 1.54) is 12.8 Å².